The number of amides is 1. The Morgan fingerprint density at radius 3 is 2.74 bits per heavy atom. The third kappa shape index (κ3) is 5.67. The molecule has 1 heterocycles. The molecule has 0 saturated carbocycles. The van der Waals surface area contributed by atoms with Gasteiger partial charge in [-0.2, -0.15) is 0 Å². The molecule has 6 nitrogen and oxygen atoms in total. The molecule has 1 atom stereocenters. The minimum atomic E-state index is -0.470. The van der Waals surface area contributed by atoms with Crippen LogP contribution in [0.1, 0.15) is 27.2 Å². The third-order valence-corrected chi connectivity index (χ3v) is 3.93. The summed E-state index contributed by atoms with van der Waals surface area (Å²) in [6, 6.07) is 7.77. The van der Waals surface area contributed by atoms with E-state index in [1.807, 2.05) is 45.0 Å². The number of carbonyl (C=O) groups is 1. The van der Waals surface area contributed by atoms with Crippen molar-refractivity contribution in [1.29, 1.82) is 0 Å². The number of carbonyl (C=O) groups excluding carboxylic acids is 1. The first-order valence-electron chi connectivity index (χ1n) is 7.65. The van der Waals surface area contributed by atoms with Crippen LogP contribution in [0.3, 0.4) is 0 Å². The normalized spacial score (nSPS) is 18.3. The van der Waals surface area contributed by atoms with Crippen molar-refractivity contribution in [2.24, 2.45) is 0 Å². The number of halogens is 1. The smallest absolute Gasteiger partial charge is 0.410 e. The van der Waals surface area contributed by atoms with Gasteiger partial charge in [-0.05, 0) is 55.3 Å². The molecular formula is C16H24BrN3O3. The monoisotopic (exact) mass is 385 g/mol. The fourth-order valence-electron chi connectivity index (χ4n) is 2.31. The zero-order valence-corrected chi connectivity index (χ0v) is 15.6. The lowest BCUT2D eigenvalue weighted by atomic mass is 10.2. The Morgan fingerprint density at radius 1 is 1.39 bits per heavy atom. The van der Waals surface area contributed by atoms with Crippen LogP contribution in [0.5, 0.6) is 5.75 Å². The molecule has 1 aromatic rings. The number of hydrogen-bond acceptors (Lipinski definition) is 5. The number of hydrogen-bond donors (Lipinski definition) is 1. The van der Waals surface area contributed by atoms with E-state index < -0.39 is 5.60 Å². The van der Waals surface area contributed by atoms with E-state index in [1.165, 1.54) is 0 Å². The van der Waals surface area contributed by atoms with Crippen molar-refractivity contribution in [2.75, 3.05) is 20.1 Å². The summed E-state index contributed by atoms with van der Waals surface area (Å²) in [5, 5.41) is 1.57. The standard InChI is InChI=1S/C16H24BrN3O3/c1-16(2,3)22-15(21)20-10-9-12(11-20)18-19(4)23-14-8-6-5-7-13(14)17/h5-8,12,18H,9-11H2,1-4H3. The largest absolute Gasteiger partial charge is 0.444 e. The predicted molar refractivity (Wildman–Crippen MR) is 91.9 cm³/mol. The molecule has 1 N–H and O–H groups in total. The van der Waals surface area contributed by atoms with Crippen molar-refractivity contribution >= 4 is 22.0 Å². The second-order valence-electron chi connectivity index (χ2n) is 6.56. The Bertz CT molecular complexity index is 548. The Balaban J connectivity index is 1.81. The van der Waals surface area contributed by atoms with Gasteiger partial charge in [0.05, 0.1) is 4.47 Å². The van der Waals surface area contributed by atoms with Crippen molar-refractivity contribution in [2.45, 2.75) is 38.8 Å². The van der Waals surface area contributed by atoms with Crippen LogP contribution in [-0.4, -0.2) is 47.9 Å². The third-order valence-electron chi connectivity index (χ3n) is 3.28. The minimum absolute atomic E-state index is 0.134. The molecule has 1 amide bonds. The number of ether oxygens (including phenoxy) is 1. The second kappa shape index (κ2) is 7.51. The molecule has 0 aliphatic carbocycles. The average molecular weight is 386 g/mol. The van der Waals surface area contributed by atoms with Gasteiger partial charge in [0, 0.05) is 26.2 Å². The maximum Gasteiger partial charge on any atom is 0.410 e. The molecule has 0 radical (unpaired) electrons. The number of rotatable bonds is 4. The van der Waals surface area contributed by atoms with Gasteiger partial charge in [-0.1, -0.05) is 17.3 Å². The highest BCUT2D eigenvalue weighted by Gasteiger charge is 2.30. The van der Waals surface area contributed by atoms with Crippen LogP contribution >= 0.6 is 15.9 Å². The van der Waals surface area contributed by atoms with Crippen LogP contribution < -0.4 is 10.3 Å². The summed E-state index contributed by atoms with van der Waals surface area (Å²) in [4.78, 5) is 19.5. The maximum atomic E-state index is 12.1. The summed E-state index contributed by atoms with van der Waals surface area (Å²) >= 11 is 3.45. The van der Waals surface area contributed by atoms with Crippen molar-refractivity contribution in [3.8, 4) is 5.75 Å². The Kier molecular flexibility index (Phi) is 5.89. The molecule has 0 spiro atoms. The average Bonchev–Trinajstić information content (AvgIpc) is 2.88. The van der Waals surface area contributed by atoms with Gasteiger partial charge in [0.25, 0.3) is 0 Å². The fourth-order valence-corrected chi connectivity index (χ4v) is 2.66. The maximum absolute atomic E-state index is 12.1. The second-order valence-corrected chi connectivity index (χ2v) is 7.41. The first-order chi connectivity index (χ1) is 10.7. The number of nitrogens with zero attached hydrogens (tertiary/aromatic N) is 2. The summed E-state index contributed by atoms with van der Waals surface area (Å²) in [5.74, 6) is 0.726. The lowest BCUT2D eigenvalue weighted by molar-refractivity contribution is -0.0910. The van der Waals surface area contributed by atoms with Crippen LogP contribution in [0.15, 0.2) is 28.7 Å². The first kappa shape index (κ1) is 18.0. The van der Waals surface area contributed by atoms with Crippen molar-refractivity contribution in [3.63, 3.8) is 0 Å². The molecule has 1 aliphatic heterocycles. The SMILES string of the molecule is CN(NC1CCN(C(=O)OC(C)(C)C)C1)Oc1ccccc1Br. The molecule has 1 aromatic carbocycles. The summed E-state index contributed by atoms with van der Waals surface area (Å²) in [7, 11) is 1.80. The number of nitrogens with one attached hydrogen (secondary N) is 1. The highest BCUT2D eigenvalue weighted by atomic mass is 79.9. The van der Waals surface area contributed by atoms with Crippen LogP contribution in [0.25, 0.3) is 0 Å². The predicted octanol–water partition coefficient (Wildman–Crippen LogP) is 3.19. The summed E-state index contributed by atoms with van der Waals surface area (Å²) in [6.07, 6.45) is 0.583. The summed E-state index contributed by atoms with van der Waals surface area (Å²) in [6.45, 7) is 6.89. The number of hydrazine groups is 1. The van der Waals surface area contributed by atoms with Gasteiger partial charge in [-0.15, -0.1) is 0 Å². The summed E-state index contributed by atoms with van der Waals surface area (Å²) in [5.41, 5.74) is 2.77. The lowest BCUT2D eigenvalue weighted by Gasteiger charge is -2.25. The minimum Gasteiger partial charge on any atom is -0.444 e. The van der Waals surface area contributed by atoms with Gasteiger partial charge >= 0.3 is 6.09 Å². The molecule has 1 unspecified atom stereocenters. The Morgan fingerprint density at radius 2 is 2.09 bits per heavy atom. The lowest BCUT2D eigenvalue weighted by Crippen LogP contribution is -2.46. The molecule has 2 rings (SSSR count). The van der Waals surface area contributed by atoms with Crippen LogP contribution in [0, 0.1) is 0 Å². The molecule has 0 bridgehead atoms. The first-order valence-corrected chi connectivity index (χ1v) is 8.44. The topological polar surface area (TPSA) is 54.0 Å². The summed E-state index contributed by atoms with van der Waals surface area (Å²) < 4.78 is 6.28. The van der Waals surface area contributed by atoms with E-state index in [0.717, 1.165) is 16.6 Å². The van der Waals surface area contributed by atoms with Crippen LogP contribution in [-0.2, 0) is 4.74 Å². The zero-order valence-electron chi connectivity index (χ0n) is 14.0. The quantitative estimate of drug-likeness (QED) is 0.806. The van der Waals surface area contributed by atoms with Gasteiger partial charge in [0.2, 0.25) is 0 Å². The van der Waals surface area contributed by atoms with Crippen molar-refractivity contribution in [1.82, 2.24) is 15.5 Å². The zero-order chi connectivity index (χ0) is 17.0. The van der Waals surface area contributed by atoms with Gasteiger partial charge in [0.15, 0.2) is 5.75 Å². The number of likely N-dealkylation sites (tertiary alicyclic amines) is 1. The van der Waals surface area contributed by atoms with Gasteiger partial charge in [-0.3, -0.25) is 0 Å². The van der Waals surface area contributed by atoms with E-state index in [-0.39, 0.29) is 12.1 Å². The van der Waals surface area contributed by atoms with E-state index in [4.69, 9.17) is 9.57 Å². The van der Waals surface area contributed by atoms with Gasteiger partial charge in [-0.25, -0.2) is 10.2 Å². The number of para-hydroxylation sites is 1. The fraction of sp³-hybridized carbons (Fsp3) is 0.562. The van der Waals surface area contributed by atoms with Gasteiger partial charge in [0.1, 0.15) is 5.60 Å². The van der Waals surface area contributed by atoms with Gasteiger partial charge < -0.3 is 14.5 Å². The number of benzene rings is 1. The Labute approximate surface area is 145 Å². The van der Waals surface area contributed by atoms with Crippen molar-refractivity contribution in [3.05, 3.63) is 28.7 Å². The van der Waals surface area contributed by atoms with E-state index in [0.29, 0.717) is 13.1 Å². The van der Waals surface area contributed by atoms with Crippen molar-refractivity contribution < 1.29 is 14.4 Å². The molecule has 1 aliphatic rings. The van der Waals surface area contributed by atoms with E-state index in [9.17, 15) is 4.79 Å². The molecule has 1 saturated heterocycles. The van der Waals surface area contributed by atoms with E-state index >= 15 is 0 Å². The number of hydroxylamine groups is 1. The molecular weight excluding hydrogens is 362 g/mol. The van der Waals surface area contributed by atoms with E-state index in [1.54, 1.807) is 17.1 Å². The van der Waals surface area contributed by atoms with E-state index in [2.05, 4.69) is 21.4 Å². The van der Waals surface area contributed by atoms with Crippen LogP contribution in [0.4, 0.5) is 4.79 Å². The Hall–Kier alpha value is -1.31. The molecule has 1 fully saturated rings. The molecule has 128 valence electrons. The molecule has 0 aromatic heterocycles. The molecule has 7 heteroatoms. The highest BCUT2D eigenvalue weighted by Crippen LogP contribution is 2.24. The molecule has 23 heavy (non-hydrogen) atoms. The highest BCUT2D eigenvalue weighted by molar-refractivity contribution is 9.10. The van der Waals surface area contributed by atoms with Crippen LogP contribution in [0.2, 0.25) is 0 Å².